The zero-order chi connectivity index (χ0) is 11.8. The summed E-state index contributed by atoms with van der Waals surface area (Å²) in [6.07, 6.45) is 4.54. The van der Waals surface area contributed by atoms with Crippen LogP contribution >= 0.6 is 11.8 Å². The van der Waals surface area contributed by atoms with E-state index in [0.29, 0.717) is 25.3 Å². The fourth-order valence-corrected chi connectivity index (χ4v) is 1.60. The maximum atomic E-state index is 11.5. The molecule has 0 fully saturated rings. The number of carbonyl (C=O) groups excluding carboxylic acids is 1. The van der Waals surface area contributed by atoms with Gasteiger partial charge in [0.15, 0.2) is 6.33 Å². The topological polar surface area (TPSA) is 94.0 Å². The number of nitrogens with one attached hydrogen (secondary N) is 1. The predicted molar refractivity (Wildman–Crippen MR) is 62.0 cm³/mol. The third kappa shape index (κ3) is 4.63. The van der Waals surface area contributed by atoms with Crippen LogP contribution in [0.5, 0.6) is 0 Å². The van der Waals surface area contributed by atoms with Crippen LogP contribution in [0.25, 0.3) is 0 Å². The summed E-state index contributed by atoms with van der Waals surface area (Å²) in [6, 6.07) is -0.435. The molecule has 0 saturated carbocycles. The van der Waals surface area contributed by atoms with Gasteiger partial charge in [0.2, 0.25) is 11.8 Å². The van der Waals surface area contributed by atoms with Crippen molar-refractivity contribution < 1.29 is 9.32 Å². The van der Waals surface area contributed by atoms with Gasteiger partial charge in [-0.3, -0.25) is 4.79 Å². The van der Waals surface area contributed by atoms with Crippen LogP contribution in [-0.4, -0.2) is 40.6 Å². The summed E-state index contributed by atoms with van der Waals surface area (Å²) in [5.74, 6) is 1.27. The molecule has 90 valence electrons. The molecule has 3 N–H and O–H groups in total. The fourth-order valence-electron chi connectivity index (χ4n) is 1.11. The summed E-state index contributed by atoms with van der Waals surface area (Å²) in [5.41, 5.74) is 5.69. The Morgan fingerprint density at radius 2 is 2.56 bits per heavy atom. The van der Waals surface area contributed by atoms with E-state index >= 15 is 0 Å². The fraction of sp³-hybridized carbons (Fsp3) is 0.667. The lowest BCUT2D eigenvalue weighted by Crippen LogP contribution is -2.41. The van der Waals surface area contributed by atoms with Crippen molar-refractivity contribution >= 4 is 17.7 Å². The number of nitrogens with zero attached hydrogens (tertiary/aromatic N) is 2. The molecule has 0 bridgehead atoms. The number of aromatic nitrogens is 2. The minimum absolute atomic E-state index is 0.131. The smallest absolute Gasteiger partial charge is 0.236 e. The molecule has 0 aromatic carbocycles. The summed E-state index contributed by atoms with van der Waals surface area (Å²) < 4.78 is 4.79. The lowest BCUT2D eigenvalue weighted by atomic mass is 10.2. The first kappa shape index (κ1) is 13.0. The van der Waals surface area contributed by atoms with Gasteiger partial charge >= 0.3 is 0 Å². The van der Waals surface area contributed by atoms with E-state index in [4.69, 9.17) is 10.3 Å². The Balaban J connectivity index is 2.14. The molecule has 6 nitrogen and oxygen atoms in total. The Kier molecular flexibility index (Phi) is 5.87. The second-order valence-corrected chi connectivity index (χ2v) is 4.25. The predicted octanol–water partition coefficient (Wildman–Crippen LogP) is -0.191. The molecule has 7 heteroatoms. The first-order chi connectivity index (χ1) is 7.74. The van der Waals surface area contributed by atoms with Crippen molar-refractivity contribution in [3.05, 3.63) is 12.2 Å². The van der Waals surface area contributed by atoms with E-state index < -0.39 is 6.04 Å². The third-order valence-electron chi connectivity index (χ3n) is 2.01. The molecule has 0 aliphatic heterocycles. The zero-order valence-corrected chi connectivity index (χ0v) is 10.00. The monoisotopic (exact) mass is 244 g/mol. The highest BCUT2D eigenvalue weighted by Gasteiger charge is 2.12. The second-order valence-electron chi connectivity index (χ2n) is 3.26. The summed E-state index contributed by atoms with van der Waals surface area (Å²) in [6.45, 7) is 0.466. The van der Waals surface area contributed by atoms with Gasteiger partial charge < -0.3 is 15.6 Å². The summed E-state index contributed by atoms with van der Waals surface area (Å²) in [4.78, 5) is 15.3. The molecule has 1 aromatic heterocycles. The van der Waals surface area contributed by atoms with Gasteiger partial charge in [-0.1, -0.05) is 5.16 Å². The Bertz CT molecular complexity index is 304. The number of nitrogens with two attached hydrogens (primary N) is 1. The van der Waals surface area contributed by atoms with Crippen molar-refractivity contribution in [2.75, 3.05) is 18.6 Å². The Hall–Kier alpha value is -1.08. The molecular weight excluding hydrogens is 228 g/mol. The van der Waals surface area contributed by atoms with Gasteiger partial charge in [0.25, 0.3) is 0 Å². The zero-order valence-electron chi connectivity index (χ0n) is 9.18. The normalized spacial score (nSPS) is 12.4. The van der Waals surface area contributed by atoms with E-state index in [9.17, 15) is 4.79 Å². The number of thioether (sulfide) groups is 1. The van der Waals surface area contributed by atoms with Crippen LogP contribution in [-0.2, 0) is 11.2 Å². The first-order valence-corrected chi connectivity index (χ1v) is 6.41. The van der Waals surface area contributed by atoms with Gasteiger partial charge in [0.1, 0.15) is 0 Å². The van der Waals surface area contributed by atoms with Crippen molar-refractivity contribution in [1.82, 2.24) is 15.5 Å². The average Bonchev–Trinajstić information content (AvgIpc) is 2.78. The minimum atomic E-state index is -0.435. The molecule has 1 aromatic rings. The molecule has 0 radical (unpaired) electrons. The maximum Gasteiger partial charge on any atom is 0.236 e. The highest BCUT2D eigenvalue weighted by Crippen LogP contribution is 1.98. The molecule has 0 saturated heterocycles. The number of rotatable bonds is 7. The van der Waals surface area contributed by atoms with Crippen LogP contribution in [0, 0.1) is 0 Å². The van der Waals surface area contributed by atoms with Crippen LogP contribution in [0.1, 0.15) is 12.3 Å². The van der Waals surface area contributed by atoms with Gasteiger partial charge in [-0.2, -0.15) is 16.7 Å². The van der Waals surface area contributed by atoms with Crippen LogP contribution in [0.3, 0.4) is 0 Å². The molecule has 1 rings (SSSR count). The average molecular weight is 244 g/mol. The minimum Gasteiger partial charge on any atom is -0.354 e. The van der Waals surface area contributed by atoms with Crippen molar-refractivity contribution in [2.45, 2.75) is 18.9 Å². The molecule has 0 unspecified atom stereocenters. The number of hydrogen-bond acceptors (Lipinski definition) is 6. The van der Waals surface area contributed by atoms with E-state index in [-0.39, 0.29) is 5.91 Å². The van der Waals surface area contributed by atoms with Crippen molar-refractivity contribution in [1.29, 1.82) is 0 Å². The second kappa shape index (κ2) is 7.24. The maximum absolute atomic E-state index is 11.5. The highest BCUT2D eigenvalue weighted by atomic mass is 32.2. The van der Waals surface area contributed by atoms with Gasteiger partial charge in [-0.25, -0.2) is 0 Å². The molecule has 0 aliphatic carbocycles. The molecular formula is C9H16N4O2S. The number of amides is 1. The summed E-state index contributed by atoms with van der Waals surface area (Å²) in [7, 11) is 0. The Labute approximate surface area is 98.3 Å². The molecule has 1 heterocycles. The SMILES string of the molecule is CSCC[C@@H](N)C(=O)NCCc1ncno1. The van der Waals surface area contributed by atoms with Crippen LogP contribution in [0.2, 0.25) is 0 Å². The van der Waals surface area contributed by atoms with Crippen LogP contribution in [0.15, 0.2) is 10.9 Å². The van der Waals surface area contributed by atoms with Gasteiger partial charge in [0, 0.05) is 13.0 Å². The molecule has 0 aliphatic rings. The third-order valence-corrected chi connectivity index (χ3v) is 2.66. The first-order valence-electron chi connectivity index (χ1n) is 5.02. The molecule has 16 heavy (non-hydrogen) atoms. The van der Waals surface area contributed by atoms with Crippen molar-refractivity contribution in [2.24, 2.45) is 5.73 Å². The molecule has 0 spiro atoms. The van der Waals surface area contributed by atoms with E-state index in [0.717, 1.165) is 5.75 Å². The Morgan fingerprint density at radius 1 is 1.75 bits per heavy atom. The highest BCUT2D eigenvalue weighted by molar-refractivity contribution is 7.98. The van der Waals surface area contributed by atoms with Gasteiger partial charge in [-0.05, 0) is 18.4 Å². The van der Waals surface area contributed by atoms with Gasteiger partial charge in [-0.15, -0.1) is 0 Å². The molecule has 1 amide bonds. The Morgan fingerprint density at radius 3 is 3.19 bits per heavy atom. The van der Waals surface area contributed by atoms with E-state index in [1.807, 2.05) is 6.26 Å². The molecule has 1 atom stereocenters. The lowest BCUT2D eigenvalue weighted by molar-refractivity contribution is -0.122. The van der Waals surface area contributed by atoms with Gasteiger partial charge in [0.05, 0.1) is 6.04 Å². The number of hydrogen-bond donors (Lipinski definition) is 2. The van der Waals surface area contributed by atoms with Crippen molar-refractivity contribution in [3.8, 4) is 0 Å². The summed E-state index contributed by atoms with van der Waals surface area (Å²) in [5, 5.41) is 6.20. The van der Waals surface area contributed by atoms with E-state index in [2.05, 4.69) is 15.5 Å². The van der Waals surface area contributed by atoms with Crippen LogP contribution in [0.4, 0.5) is 0 Å². The quantitative estimate of drug-likeness (QED) is 0.690. The lowest BCUT2D eigenvalue weighted by Gasteiger charge is -2.10. The van der Waals surface area contributed by atoms with Crippen molar-refractivity contribution in [3.63, 3.8) is 0 Å². The summed E-state index contributed by atoms with van der Waals surface area (Å²) >= 11 is 1.68. The largest absolute Gasteiger partial charge is 0.354 e. The van der Waals surface area contributed by atoms with E-state index in [1.54, 1.807) is 11.8 Å². The van der Waals surface area contributed by atoms with E-state index in [1.165, 1.54) is 6.33 Å². The van der Waals surface area contributed by atoms with Crippen LogP contribution < -0.4 is 11.1 Å². The standard InChI is InChI=1S/C9H16N4O2S/c1-16-5-3-7(10)9(14)11-4-2-8-12-6-13-15-8/h6-7H,2-5,10H2,1H3,(H,11,14)/t7-/m1/s1. The number of carbonyl (C=O) groups is 1.